The minimum absolute atomic E-state index is 0.379. The SMILES string of the molecule is CNC(=O)NC(=O)C(C)Nc1cccc(-c2ccsc2)c1. The van der Waals surface area contributed by atoms with E-state index in [4.69, 9.17) is 0 Å². The van der Waals surface area contributed by atoms with Gasteiger partial charge in [-0.1, -0.05) is 12.1 Å². The Hall–Kier alpha value is -2.34. The molecule has 0 spiro atoms. The van der Waals surface area contributed by atoms with E-state index in [9.17, 15) is 9.59 Å². The molecule has 2 aromatic rings. The predicted molar refractivity (Wildman–Crippen MR) is 85.4 cm³/mol. The topological polar surface area (TPSA) is 70.2 Å². The number of amides is 3. The number of carbonyl (C=O) groups is 2. The zero-order chi connectivity index (χ0) is 15.2. The van der Waals surface area contributed by atoms with Crippen LogP contribution in [0.3, 0.4) is 0 Å². The Morgan fingerprint density at radius 3 is 2.67 bits per heavy atom. The molecule has 0 aliphatic rings. The first-order valence-electron chi connectivity index (χ1n) is 6.52. The van der Waals surface area contributed by atoms with Gasteiger partial charge in [0.25, 0.3) is 0 Å². The molecule has 3 amide bonds. The van der Waals surface area contributed by atoms with Gasteiger partial charge in [0.1, 0.15) is 6.04 Å². The lowest BCUT2D eigenvalue weighted by Crippen LogP contribution is -2.44. The monoisotopic (exact) mass is 303 g/mol. The summed E-state index contributed by atoms with van der Waals surface area (Å²) in [6, 6.07) is 8.83. The zero-order valence-electron chi connectivity index (χ0n) is 11.8. The summed E-state index contributed by atoms with van der Waals surface area (Å²) in [4.78, 5) is 22.9. The van der Waals surface area contributed by atoms with Crippen molar-refractivity contribution < 1.29 is 9.59 Å². The fraction of sp³-hybridized carbons (Fsp3) is 0.200. The zero-order valence-corrected chi connectivity index (χ0v) is 12.7. The fourth-order valence-electron chi connectivity index (χ4n) is 1.82. The number of nitrogens with one attached hydrogen (secondary N) is 3. The van der Waals surface area contributed by atoms with E-state index in [-0.39, 0.29) is 5.91 Å². The molecule has 0 radical (unpaired) electrons. The molecule has 6 heteroatoms. The van der Waals surface area contributed by atoms with Crippen LogP contribution < -0.4 is 16.0 Å². The lowest BCUT2D eigenvalue weighted by Gasteiger charge is -2.15. The van der Waals surface area contributed by atoms with Gasteiger partial charge in [-0.05, 0) is 47.0 Å². The van der Waals surface area contributed by atoms with Crippen molar-refractivity contribution in [2.75, 3.05) is 12.4 Å². The molecule has 5 nitrogen and oxygen atoms in total. The molecule has 0 bridgehead atoms. The van der Waals surface area contributed by atoms with E-state index in [1.807, 2.05) is 35.7 Å². The molecular formula is C15H17N3O2S. The maximum absolute atomic E-state index is 11.8. The van der Waals surface area contributed by atoms with Gasteiger partial charge >= 0.3 is 6.03 Å². The van der Waals surface area contributed by atoms with Crippen molar-refractivity contribution in [1.82, 2.24) is 10.6 Å². The Morgan fingerprint density at radius 1 is 1.19 bits per heavy atom. The molecule has 1 aromatic carbocycles. The molecule has 0 aliphatic heterocycles. The average Bonchev–Trinajstić information content (AvgIpc) is 3.01. The standard InChI is InChI=1S/C15H17N3O2S/c1-10(14(19)18-15(20)16-2)17-13-5-3-4-11(8-13)12-6-7-21-9-12/h3-10,17H,1-2H3,(H2,16,18,19,20). The van der Waals surface area contributed by atoms with Crippen molar-refractivity contribution >= 4 is 29.0 Å². The lowest BCUT2D eigenvalue weighted by molar-refractivity contribution is -0.120. The third-order valence-electron chi connectivity index (χ3n) is 2.96. The van der Waals surface area contributed by atoms with Crippen LogP contribution in [0.25, 0.3) is 11.1 Å². The number of hydrogen-bond donors (Lipinski definition) is 3. The summed E-state index contributed by atoms with van der Waals surface area (Å²) in [7, 11) is 1.46. The first kappa shape index (κ1) is 15.1. The van der Waals surface area contributed by atoms with Crippen LogP contribution in [-0.4, -0.2) is 25.0 Å². The minimum Gasteiger partial charge on any atom is -0.374 e. The second kappa shape index (κ2) is 6.90. The molecule has 110 valence electrons. The number of benzene rings is 1. The molecule has 1 unspecified atom stereocenters. The van der Waals surface area contributed by atoms with E-state index < -0.39 is 12.1 Å². The number of thiophene rings is 1. The maximum atomic E-state index is 11.8. The third kappa shape index (κ3) is 4.06. The summed E-state index contributed by atoms with van der Waals surface area (Å²) in [6.45, 7) is 1.70. The van der Waals surface area contributed by atoms with E-state index in [2.05, 4.69) is 21.3 Å². The molecule has 1 heterocycles. The second-order valence-electron chi connectivity index (χ2n) is 4.53. The van der Waals surface area contributed by atoms with Gasteiger partial charge < -0.3 is 10.6 Å². The number of urea groups is 1. The van der Waals surface area contributed by atoms with Gasteiger partial charge in [0.05, 0.1) is 0 Å². The van der Waals surface area contributed by atoms with Crippen molar-refractivity contribution in [1.29, 1.82) is 0 Å². The highest BCUT2D eigenvalue weighted by molar-refractivity contribution is 7.08. The fourth-order valence-corrected chi connectivity index (χ4v) is 2.48. The van der Waals surface area contributed by atoms with Gasteiger partial charge in [-0.2, -0.15) is 11.3 Å². The number of carbonyl (C=O) groups excluding carboxylic acids is 2. The predicted octanol–water partition coefficient (Wildman–Crippen LogP) is 2.67. The van der Waals surface area contributed by atoms with Gasteiger partial charge in [-0.25, -0.2) is 4.79 Å². The van der Waals surface area contributed by atoms with Crippen molar-refractivity contribution in [2.24, 2.45) is 0 Å². The summed E-state index contributed by atoms with van der Waals surface area (Å²) in [5.74, 6) is -0.379. The summed E-state index contributed by atoms with van der Waals surface area (Å²) in [5.41, 5.74) is 3.06. The Labute approximate surface area is 127 Å². The number of imide groups is 1. The molecule has 3 N–H and O–H groups in total. The van der Waals surface area contributed by atoms with Crippen LogP contribution in [-0.2, 0) is 4.79 Å². The minimum atomic E-state index is -0.514. The Balaban J connectivity index is 2.04. The van der Waals surface area contributed by atoms with Crippen LogP contribution in [0.15, 0.2) is 41.1 Å². The van der Waals surface area contributed by atoms with Crippen LogP contribution in [0.1, 0.15) is 6.92 Å². The van der Waals surface area contributed by atoms with Gasteiger partial charge in [0.15, 0.2) is 0 Å². The summed E-state index contributed by atoms with van der Waals surface area (Å²) < 4.78 is 0. The summed E-state index contributed by atoms with van der Waals surface area (Å²) in [6.07, 6.45) is 0. The first-order chi connectivity index (χ1) is 10.1. The van der Waals surface area contributed by atoms with Crippen molar-refractivity contribution in [3.05, 3.63) is 41.1 Å². The molecule has 2 rings (SSSR count). The Kier molecular flexibility index (Phi) is 4.94. The highest BCUT2D eigenvalue weighted by Crippen LogP contribution is 2.24. The Bertz CT molecular complexity index is 626. The van der Waals surface area contributed by atoms with Crippen LogP contribution in [0.2, 0.25) is 0 Å². The van der Waals surface area contributed by atoms with E-state index in [1.54, 1.807) is 18.3 Å². The number of hydrogen-bond acceptors (Lipinski definition) is 4. The van der Waals surface area contributed by atoms with Gasteiger partial charge in [0.2, 0.25) is 5.91 Å². The van der Waals surface area contributed by atoms with Crippen LogP contribution >= 0.6 is 11.3 Å². The normalized spacial score (nSPS) is 11.5. The van der Waals surface area contributed by atoms with Crippen LogP contribution in [0.4, 0.5) is 10.5 Å². The summed E-state index contributed by atoms with van der Waals surface area (Å²) >= 11 is 1.64. The first-order valence-corrected chi connectivity index (χ1v) is 7.46. The highest BCUT2D eigenvalue weighted by atomic mass is 32.1. The van der Waals surface area contributed by atoms with E-state index in [1.165, 1.54) is 7.05 Å². The maximum Gasteiger partial charge on any atom is 0.321 e. The van der Waals surface area contributed by atoms with Crippen molar-refractivity contribution in [2.45, 2.75) is 13.0 Å². The van der Waals surface area contributed by atoms with Crippen LogP contribution in [0.5, 0.6) is 0 Å². The van der Waals surface area contributed by atoms with E-state index >= 15 is 0 Å². The molecule has 1 aromatic heterocycles. The highest BCUT2D eigenvalue weighted by Gasteiger charge is 2.14. The smallest absolute Gasteiger partial charge is 0.321 e. The van der Waals surface area contributed by atoms with Gasteiger partial charge in [-0.3, -0.25) is 10.1 Å². The molecule has 0 saturated heterocycles. The van der Waals surface area contributed by atoms with Gasteiger partial charge in [-0.15, -0.1) is 0 Å². The average molecular weight is 303 g/mol. The quantitative estimate of drug-likeness (QED) is 0.813. The van der Waals surface area contributed by atoms with E-state index in [0.29, 0.717) is 0 Å². The molecule has 1 atom stereocenters. The van der Waals surface area contributed by atoms with Crippen LogP contribution in [0, 0.1) is 0 Å². The molecule has 0 fully saturated rings. The molecule has 21 heavy (non-hydrogen) atoms. The number of anilines is 1. The second-order valence-corrected chi connectivity index (χ2v) is 5.31. The van der Waals surface area contributed by atoms with Crippen molar-refractivity contribution in [3.8, 4) is 11.1 Å². The Morgan fingerprint density at radius 2 is 2.00 bits per heavy atom. The molecule has 0 saturated carbocycles. The third-order valence-corrected chi connectivity index (χ3v) is 3.64. The molecular weight excluding hydrogens is 286 g/mol. The summed E-state index contributed by atoms with van der Waals surface area (Å²) in [5, 5.41) is 11.8. The van der Waals surface area contributed by atoms with E-state index in [0.717, 1.165) is 16.8 Å². The van der Waals surface area contributed by atoms with Gasteiger partial charge in [0, 0.05) is 12.7 Å². The molecule has 0 aliphatic carbocycles. The largest absolute Gasteiger partial charge is 0.374 e. The lowest BCUT2D eigenvalue weighted by atomic mass is 10.1. The number of rotatable bonds is 4. The van der Waals surface area contributed by atoms with Crippen molar-refractivity contribution in [3.63, 3.8) is 0 Å².